The second-order valence-corrected chi connectivity index (χ2v) is 7.95. The lowest BCUT2D eigenvalue weighted by molar-refractivity contribution is -0.144. The number of aliphatic carboxylic acids is 3. The number of nitrogens with two attached hydrogens (primary N) is 3. The van der Waals surface area contributed by atoms with Gasteiger partial charge in [-0.05, 0) is 38.6 Å². The molecule has 0 spiro atoms. The summed E-state index contributed by atoms with van der Waals surface area (Å²) in [6, 6.07) is -5.72. The first-order chi connectivity index (χ1) is 16.8. The fourth-order valence-corrected chi connectivity index (χ4v) is 2.93. The molecule has 0 heterocycles. The molecule has 4 atom stereocenters. The van der Waals surface area contributed by atoms with E-state index < -0.39 is 85.0 Å². The van der Waals surface area contributed by atoms with E-state index in [2.05, 4.69) is 10.6 Å². The van der Waals surface area contributed by atoms with Crippen molar-refractivity contribution in [2.45, 2.75) is 75.5 Å². The Hall–Kier alpha value is -3.79. The van der Waals surface area contributed by atoms with E-state index in [1.807, 2.05) is 5.32 Å². The van der Waals surface area contributed by atoms with E-state index in [0.717, 1.165) is 0 Å². The molecule has 4 amide bonds. The van der Waals surface area contributed by atoms with Crippen molar-refractivity contribution in [1.82, 2.24) is 16.0 Å². The van der Waals surface area contributed by atoms with Crippen LogP contribution in [-0.4, -0.2) is 87.6 Å². The molecule has 12 N–H and O–H groups in total. The summed E-state index contributed by atoms with van der Waals surface area (Å²) in [5, 5.41) is 33.6. The number of carbonyl (C=O) groups excluding carboxylic acids is 4. The Morgan fingerprint density at radius 1 is 0.667 bits per heavy atom. The monoisotopic (exact) mass is 518 g/mol. The van der Waals surface area contributed by atoms with E-state index >= 15 is 0 Å². The lowest BCUT2D eigenvalue weighted by atomic mass is 10.0. The number of hydrogen-bond acceptors (Lipinski definition) is 9. The van der Waals surface area contributed by atoms with Crippen LogP contribution in [0.15, 0.2) is 0 Å². The van der Waals surface area contributed by atoms with Crippen molar-refractivity contribution in [3.63, 3.8) is 0 Å². The van der Waals surface area contributed by atoms with Gasteiger partial charge in [-0.15, -0.1) is 0 Å². The minimum Gasteiger partial charge on any atom is -0.481 e. The molecule has 4 unspecified atom stereocenters. The van der Waals surface area contributed by atoms with Gasteiger partial charge in [0.1, 0.15) is 18.1 Å². The topological polar surface area (TPSA) is 294 Å². The van der Waals surface area contributed by atoms with E-state index in [-0.39, 0.29) is 19.3 Å². The molecule has 0 aromatic heterocycles. The van der Waals surface area contributed by atoms with Crippen LogP contribution in [0.2, 0.25) is 0 Å². The van der Waals surface area contributed by atoms with Gasteiger partial charge in [-0.1, -0.05) is 0 Å². The van der Waals surface area contributed by atoms with Crippen LogP contribution in [0, 0.1) is 0 Å². The summed E-state index contributed by atoms with van der Waals surface area (Å²) in [6.07, 6.45) is -1.40. The van der Waals surface area contributed by atoms with E-state index in [9.17, 15) is 38.7 Å². The maximum absolute atomic E-state index is 12.9. The predicted molar refractivity (Wildman–Crippen MR) is 122 cm³/mol. The molecule has 0 aliphatic heterocycles. The van der Waals surface area contributed by atoms with Crippen LogP contribution in [-0.2, 0) is 33.6 Å². The molecule has 0 rings (SSSR count). The largest absolute Gasteiger partial charge is 0.481 e. The van der Waals surface area contributed by atoms with Crippen molar-refractivity contribution in [2.75, 3.05) is 6.54 Å². The van der Waals surface area contributed by atoms with Crippen LogP contribution in [0.5, 0.6) is 0 Å². The van der Waals surface area contributed by atoms with Crippen LogP contribution in [0.4, 0.5) is 0 Å². The van der Waals surface area contributed by atoms with Crippen molar-refractivity contribution in [2.24, 2.45) is 17.2 Å². The van der Waals surface area contributed by atoms with Crippen molar-refractivity contribution < 1.29 is 48.9 Å². The molecule has 0 aromatic rings. The summed E-state index contributed by atoms with van der Waals surface area (Å²) in [5.41, 5.74) is 16.1. The molecule has 0 fully saturated rings. The molecule has 204 valence electrons. The molecule has 0 aliphatic carbocycles. The molecular weight excluding hydrogens is 484 g/mol. The van der Waals surface area contributed by atoms with Gasteiger partial charge in [0, 0.05) is 12.8 Å². The quantitative estimate of drug-likeness (QED) is 0.0755. The summed E-state index contributed by atoms with van der Waals surface area (Å²) >= 11 is 0. The second kappa shape index (κ2) is 16.8. The number of carboxylic acid groups (broad SMARTS) is 3. The van der Waals surface area contributed by atoms with Gasteiger partial charge in [0.15, 0.2) is 0 Å². The van der Waals surface area contributed by atoms with Gasteiger partial charge in [-0.25, -0.2) is 4.79 Å². The normalized spacial score (nSPS) is 13.9. The van der Waals surface area contributed by atoms with E-state index in [4.69, 9.17) is 27.4 Å². The van der Waals surface area contributed by atoms with Gasteiger partial charge in [-0.3, -0.25) is 28.8 Å². The maximum Gasteiger partial charge on any atom is 0.326 e. The summed E-state index contributed by atoms with van der Waals surface area (Å²) in [6.45, 7) is 0.292. The SMILES string of the molecule is NCCCCC(NC(=O)C(N)CCC(=O)O)C(=O)NC(CCC(=O)O)C(=O)NC(CC(N)=O)C(=O)O. The first-order valence-corrected chi connectivity index (χ1v) is 11.1. The average molecular weight is 519 g/mol. The molecule has 36 heavy (non-hydrogen) atoms. The van der Waals surface area contributed by atoms with Gasteiger partial charge in [0.05, 0.1) is 12.5 Å². The molecule has 0 aromatic carbocycles. The van der Waals surface area contributed by atoms with Crippen molar-refractivity contribution >= 4 is 41.5 Å². The highest BCUT2D eigenvalue weighted by Crippen LogP contribution is 2.06. The summed E-state index contributed by atoms with van der Waals surface area (Å²) in [7, 11) is 0. The Kier molecular flexibility index (Phi) is 15.0. The number of hydrogen-bond donors (Lipinski definition) is 9. The summed E-state index contributed by atoms with van der Waals surface area (Å²) in [5.74, 6) is -7.85. The summed E-state index contributed by atoms with van der Waals surface area (Å²) < 4.78 is 0. The lowest BCUT2D eigenvalue weighted by Crippen LogP contribution is -2.57. The standard InChI is InChI=1S/C20H34N6O10/c21-8-2-1-3-11(24-17(32)10(22)4-6-15(28)29)18(33)25-12(5-7-16(30)31)19(34)26-13(20(35)36)9-14(23)27/h10-13H,1-9,21-22H2,(H2,23,27)(H,24,32)(H,25,33)(H,26,34)(H,28,29)(H,30,31)(H,35,36). The highest BCUT2D eigenvalue weighted by atomic mass is 16.4. The maximum atomic E-state index is 12.9. The third kappa shape index (κ3) is 13.8. The molecule has 0 saturated carbocycles. The highest BCUT2D eigenvalue weighted by molar-refractivity contribution is 5.95. The van der Waals surface area contributed by atoms with Gasteiger partial charge in [0.2, 0.25) is 23.6 Å². The molecule has 0 radical (unpaired) electrons. The van der Waals surface area contributed by atoms with Crippen LogP contribution in [0.3, 0.4) is 0 Å². The van der Waals surface area contributed by atoms with Gasteiger partial charge in [0.25, 0.3) is 0 Å². The number of rotatable bonds is 19. The Morgan fingerprint density at radius 2 is 1.14 bits per heavy atom. The molecule has 0 bridgehead atoms. The first-order valence-electron chi connectivity index (χ1n) is 11.1. The number of primary amides is 1. The molecular formula is C20H34N6O10. The van der Waals surface area contributed by atoms with E-state index in [1.165, 1.54) is 0 Å². The number of nitrogens with one attached hydrogen (secondary N) is 3. The Morgan fingerprint density at radius 3 is 1.61 bits per heavy atom. The van der Waals surface area contributed by atoms with Crippen molar-refractivity contribution in [1.29, 1.82) is 0 Å². The minimum atomic E-state index is -1.72. The van der Waals surface area contributed by atoms with Crippen molar-refractivity contribution in [3.05, 3.63) is 0 Å². The van der Waals surface area contributed by atoms with Crippen LogP contribution >= 0.6 is 0 Å². The Balaban J connectivity index is 5.58. The zero-order chi connectivity index (χ0) is 27.8. The molecule has 0 aliphatic rings. The fraction of sp³-hybridized carbons (Fsp3) is 0.650. The Bertz CT molecular complexity index is 821. The highest BCUT2D eigenvalue weighted by Gasteiger charge is 2.31. The Labute approximate surface area is 206 Å². The van der Waals surface area contributed by atoms with Crippen LogP contribution < -0.4 is 33.2 Å². The van der Waals surface area contributed by atoms with Gasteiger partial charge in [-0.2, -0.15) is 0 Å². The van der Waals surface area contributed by atoms with Gasteiger partial charge >= 0.3 is 17.9 Å². The van der Waals surface area contributed by atoms with Crippen molar-refractivity contribution in [3.8, 4) is 0 Å². The minimum absolute atomic E-state index is 0.0626. The number of carbonyl (C=O) groups is 7. The summed E-state index contributed by atoms with van der Waals surface area (Å²) in [4.78, 5) is 82.0. The molecule has 16 heteroatoms. The van der Waals surface area contributed by atoms with Crippen LogP contribution in [0.1, 0.15) is 51.4 Å². The number of unbranched alkanes of at least 4 members (excludes halogenated alkanes) is 1. The van der Waals surface area contributed by atoms with E-state index in [1.54, 1.807) is 0 Å². The number of amides is 4. The zero-order valence-corrected chi connectivity index (χ0v) is 19.6. The van der Waals surface area contributed by atoms with Gasteiger partial charge < -0.3 is 48.5 Å². The smallest absolute Gasteiger partial charge is 0.326 e. The van der Waals surface area contributed by atoms with E-state index in [0.29, 0.717) is 19.4 Å². The zero-order valence-electron chi connectivity index (χ0n) is 19.6. The third-order valence-corrected chi connectivity index (χ3v) is 4.89. The second-order valence-electron chi connectivity index (χ2n) is 7.95. The average Bonchev–Trinajstić information content (AvgIpc) is 2.78. The third-order valence-electron chi connectivity index (χ3n) is 4.89. The fourth-order valence-electron chi connectivity index (χ4n) is 2.93. The lowest BCUT2D eigenvalue weighted by Gasteiger charge is -2.25. The first kappa shape index (κ1) is 32.2. The van der Waals surface area contributed by atoms with Crippen LogP contribution in [0.25, 0.3) is 0 Å². The molecule has 0 saturated heterocycles. The predicted octanol–water partition coefficient (Wildman–Crippen LogP) is -3.41. The number of carboxylic acids is 3. The molecule has 16 nitrogen and oxygen atoms in total.